The Morgan fingerprint density at radius 3 is 2.67 bits per heavy atom. The molecular weight excluding hydrogens is 270 g/mol. The van der Waals surface area contributed by atoms with Crippen LogP contribution in [-0.4, -0.2) is 12.5 Å². The van der Waals surface area contributed by atoms with E-state index >= 15 is 0 Å². The quantitative estimate of drug-likeness (QED) is 0.832. The molecule has 15 heavy (non-hydrogen) atoms. The molecule has 0 aromatic heterocycles. The van der Waals surface area contributed by atoms with Crippen LogP contribution in [0, 0.1) is 11.6 Å². The van der Waals surface area contributed by atoms with Gasteiger partial charge in [-0.2, -0.15) is 0 Å². The number of nitrogens with two attached hydrogens (primary N) is 1. The van der Waals surface area contributed by atoms with Crippen LogP contribution in [0.15, 0.2) is 16.6 Å². The zero-order chi connectivity index (χ0) is 11.4. The molecule has 1 aromatic carbocycles. The molecule has 0 atom stereocenters. The first-order valence-corrected chi connectivity index (χ1v) is 4.98. The molecule has 0 aliphatic heterocycles. The van der Waals surface area contributed by atoms with Gasteiger partial charge in [0.2, 0.25) is 5.91 Å². The zero-order valence-corrected chi connectivity index (χ0v) is 9.27. The summed E-state index contributed by atoms with van der Waals surface area (Å²) in [5.74, 6) is -1.79. The summed E-state index contributed by atoms with van der Waals surface area (Å²) in [4.78, 5) is 11.1. The van der Waals surface area contributed by atoms with Gasteiger partial charge in [-0.15, -0.1) is 0 Å². The number of hydrogen-bond acceptors (Lipinski definition) is 2. The Morgan fingerprint density at radius 2 is 2.07 bits per heavy atom. The first kappa shape index (κ1) is 12.1. The van der Waals surface area contributed by atoms with Gasteiger partial charge in [0.05, 0.1) is 10.2 Å². The second kappa shape index (κ2) is 5.18. The molecule has 0 saturated heterocycles. The van der Waals surface area contributed by atoms with Gasteiger partial charge in [-0.1, -0.05) is 0 Å². The van der Waals surface area contributed by atoms with Gasteiger partial charge in [0, 0.05) is 19.0 Å². The van der Waals surface area contributed by atoms with Crippen molar-refractivity contribution in [3.8, 4) is 0 Å². The minimum atomic E-state index is -0.700. The Kier molecular flexibility index (Phi) is 4.16. The molecule has 0 saturated carbocycles. The number of halogens is 3. The summed E-state index contributed by atoms with van der Waals surface area (Å²) >= 11 is 2.83. The predicted molar refractivity (Wildman–Crippen MR) is 56.4 cm³/mol. The van der Waals surface area contributed by atoms with Crippen molar-refractivity contribution in [1.29, 1.82) is 0 Å². The number of benzene rings is 1. The topological polar surface area (TPSA) is 55.1 Å². The maximum absolute atomic E-state index is 13.2. The maximum Gasteiger partial charge on any atom is 0.225 e. The van der Waals surface area contributed by atoms with Gasteiger partial charge in [0.25, 0.3) is 0 Å². The lowest BCUT2D eigenvalue weighted by Crippen LogP contribution is -2.17. The summed E-state index contributed by atoms with van der Waals surface area (Å²) in [5, 5.41) is 2.22. The molecular formula is C9H9BrF2N2O. The van der Waals surface area contributed by atoms with Gasteiger partial charge in [0.15, 0.2) is 0 Å². The van der Waals surface area contributed by atoms with Crippen LogP contribution in [0.3, 0.4) is 0 Å². The molecule has 0 heterocycles. The highest BCUT2D eigenvalue weighted by atomic mass is 79.9. The van der Waals surface area contributed by atoms with Crippen LogP contribution in [0.25, 0.3) is 0 Å². The van der Waals surface area contributed by atoms with Crippen LogP contribution in [0.1, 0.15) is 6.42 Å². The lowest BCUT2D eigenvalue weighted by Gasteiger charge is -2.06. The van der Waals surface area contributed by atoms with Crippen molar-refractivity contribution >= 4 is 27.5 Å². The molecule has 0 unspecified atom stereocenters. The predicted octanol–water partition coefficient (Wildman–Crippen LogP) is 2.01. The smallest absolute Gasteiger partial charge is 0.225 e. The Bertz CT molecular complexity index is 385. The van der Waals surface area contributed by atoms with Crippen molar-refractivity contribution in [2.75, 3.05) is 11.9 Å². The first-order valence-electron chi connectivity index (χ1n) is 4.19. The number of nitrogens with one attached hydrogen (secondary N) is 1. The molecule has 3 nitrogen and oxygen atoms in total. The second-order valence-corrected chi connectivity index (χ2v) is 3.69. The summed E-state index contributed by atoms with van der Waals surface area (Å²) < 4.78 is 26.2. The van der Waals surface area contributed by atoms with E-state index in [1.54, 1.807) is 0 Å². The fourth-order valence-electron chi connectivity index (χ4n) is 0.962. The fourth-order valence-corrected chi connectivity index (χ4v) is 1.28. The van der Waals surface area contributed by atoms with Crippen molar-refractivity contribution in [3.63, 3.8) is 0 Å². The molecule has 0 spiro atoms. The van der Waals surface area contributed by atoms with Crippen LogP contribution in [0.2, 0.25) is 0 Å². The molecule has 1 rings (SSSR count). The summed E-state index contributed by atoms with van der Waals surface area (Å²) in [6, 6.07) is 1.86. The Hall–Kier alpha value is -1.01. The molecule has 0 aliphatic carbocycles. The number of carbonyl (C=O) groups excluding carboxylic acids is 1. The van der Waals surface area contributed by atoms with Gasteiger partial charge in [-0.3, -0.25) is 4.79 Å². The number of hydrogen-bond donors (Lipinski definition) is 2. The van der Waals surface area contributed by atoms with E-state index in [0.29, 0.717) is 0 Å². The Balaban J connectivity index is 2.86. The molecule has 1 aromatic rings. The average molecular weight is 279 g/mol. The molecule has 0 fully saturated rings. The van der Waals surface area contributed by atoms with Crippen LogP contribution < -0.4 is 11.1 Å². The third kappa shape index (κ3) is 3.24. The van der Waals surface area contributed by atoms with Crippen LogP contribution in [0.5, 0.6) is 0 Å². The van der Waals surface area contributed by atoms with E-state index in [2.05, 4.69) is 21.2 Å². The lowest BCUT2D eigenvalue weighted by molar-refractivity contribution is -0.116. The van der Waals surface area contributed by atoms with E-state index in [1.165, 1.54) is 0 Å². The number of carbonyl (C=O) groups is 1. The third-order valence-corrected chi connectivity index (χ3v) is 2.26. The maximum atomic E-state index is 13.2. The number of amides is 1. The highest BCUT2D eigenvalue weighted by Gasteiger charge is 2.10. The summed E-state index contributed by atoms with van der Waals surface area (Å²) in [7, 11) is 0. The summed E-state index contributed by atoms with van der Waals surface area (Å²) in [5.41, 5.74) is 4.95. The van der Waals surface area contributed by atoms with E-state index in [9.17, 15) is 13.6 Å². The first-order chi connectivity index (χ1) is 7.04. The van der Waals surface area contributed by atoms with Gasteiger partial charge in [-0.05, 0) is 22.0 Å². The van der Waals surface area contributed by atoms with Gasteiger partial charge in [0.1, 0.15) is 11.6 Å². The van der Waals surface area contributed by atoms with Crippen molar-refractivity contribution in [2.45, 2.75) is 6.42 Å². The van der Waals surface area contributed by atoms with Gasteiger partial charge < -0.3 is 11.1 Å². The standard InChI is InChI=1S/C9H9BrF2N2O/c10-5-3-7(12)8(4-6(5)11)14-9(15)1-2-13/h3-4H,1-2,13H2,(H,14,15). The highest BCUT2D eigenvalue weighted by Crippen LogP contribution is 2.23. The number of rotatable bonds is 3. The zero-order valence-electron chi connectivity index (χ0n) is 7.69. The normalized spacial score (nSPS) is 10.1. The van der Waals surface area contributed by atoms with Crippen molar-refractivity contribution < 1.29 is 13.6 Å². The molecule has 6 heteroatoms. The largest absolute Gasteiger partial charge is 0.330 e. The van der Waals surface area contributed by atoms with Crippen molar-refractivity contribution in [1.82, 2.24) is 0 Å². The average Bonchev–Trinajstić information content (AvgIpc) is 2.14. The van der Waals surface area contributed by atoms with E-state index in [4.69, 9.17) is 5.73 Å². The Labute approximate surface area is 93.8 Å². The Morgan fingerprint density at radius 1 is 1.40 bits per heavy atom. The van der Waals surface area contributed by atoms with E-state index in [0.717, 1.165) is 12.1 Å². The second-order valence-electron chi connectivity index (χ2n) is 2.83. The molecule has 0 aliphatic rings. The van der Waals surface area contributed by atoms with Crippen LogP contribution in [0.4, 0.5) is 14.5 Å². The third-order valence-electron chi connectivity index (χ3n) is 1.66. The van der Waals surface area contributed by atoms with E-state index < -0.39 is 17.5 Å². The van der Waals surface area contributed by atoms with Gasteiger partial charge >= 0.3 is 0 Å². The lowest BCUT2D eigenvalue weighted by atomic mass is 10.3. The highest BCUT2D eigenvalue weighted by molar-refractivity contribution is 9.10. The molecule has 3 N–H and O–H groups in total. The van der Waals surface area contributed by atoms with Crippen LogP contribution in [-0.2, 0) is 4.79 Å². The molecule has 82 valence electrons. The molecule has 0 bridgehead atoms. The SMILES string of the molecule is NCCC(=O)Nc1cc(F)c(Br)cc1F. The van der Waals surface area contributed by atoms with Crippen molar-refractivity contribution in [3.05, 3.63) is 28.2 Å². The minimum Gasteiger partial charge on any atom is -0.330 e. The monoisotopic (exact) mass is 278 g/mol. The minimum absolute atomic E-state index is 0.0109. The number of anilines is 1. The van der Waals surface area contributed by atoms with E-state index in [-0.39, 0.29) is 23.1 Å². The van der Waals surface area contributed by atoms with E-state index in [1.807, 2.05) is 0 Å². The van der Waals surface area contributed by atoms with Gasteiger partial charge in [-0.25, -0.2) is 8.78 Å². The summed E-state index contributed by atoms with van der Waals surface area (Å²) in [6.07, 6.45) is 0.0666. The van der Waals surface area contributed by atoms with Crippen LogP contribution >= 0.6 is 15.9 Å². The molecule has 0 radical (unpaired) electrons. The van der Waals surface area contributed by atoms with Crippen molar-refractivity contribution in [2.24, 2.45) is 5.73 Å². The fraction of sp³-hybridized carbons (Fsp3) is 0.222. The summed E-state index contributed by atoms with van der Waals surface area (Å²) in [6.45, 7) is 0.159. The molecule has 1 amide bonds.